The molecule has 0 aromatic heterocycles. The number of nitrogens with two attached hydrogens (primary N) is 1. The summed E-state index contributed by atoms with van der Waals surface area (Å²) in [5, 5.41) is 0. The lowest BCUT2D eigenvalue weighted by Crippen LogP contribution is -2.24. The molecule has 1 aliphatic rings. The molecular weight excluding hydrogens is 226 g/mol. The topological polar surface area (TPSA) is 52.3 Å². The van der Waals surface area contributed by atoms with E-state index in [0.29, 0.717) is 12.3 Å². The maximum Gasteiger partial charge on any atom is 0.306 e. The van der Waals surface area contributed by atoms with Crippen LogP contribution < -0.4 is 5.73 Å². The van der Waals surface area contributed by atoms with Gasteiger partial charge in [-0.2, -0.15) is 0 Å². The van der Waals surface area contributed by atoms with Crippen LogP contribution in [0.5, 0.6) is 0 Å². The molecule has 0 aromatic carbocycles. The summed E-state index contributed by atoms with van der Waals surface area (Å²) in [5.41, 5.74) is 5.24. The Balaban J connectivity index is 2.16. The van der Waals surface area contributed by atoms with E-state index >= 15 is 0 Å². The number of carbonyl (C=O) groups excluding carboxylic acids is 1. The monoisotopic (exact) mass is 255 g/mol. The molecule has 0 amide bonds. The number of hydrogen-bond acceptors (Lipinski definition) is 3. The first-order chi connectivity index (χ1) is 8.40. The van der Waals surface area contributed by atoms with Crippen LogP contribution >= 0.6 is 0 Å². The number of ether oxygens (including phenoxy) is 1. The zero-order valence-corrected chi connectivity index (χ0v) is 12.2. The second-order valence-corrected chi connectivity index (χ2v) is 6.59. The molecule has 1 fully saturated rings. The lowest BCUT2D eigenvalue weighted by atomic mass is 9.79. The summed E-state index contributed by atoms with van der Waals surface area (Å²) in [5.74, 6) is 1.49. The zero-order valence-electron chi connectivity index (χ0n) is 12.2. The molecule has 1 saturated carbocycles. The third kappa shape index (κ3) is 6.39. The van der Waals surface area contributed by atoms with Crippen molar-refractivity contribution in [3.63, 3.8) is 0 Å². The molecule has 0 heterocycles. The van der Waals surface area contributed by atoms with Gasteiger partial charge in [0.15, 0.2) is 0 Å². The number of rotatable bonds is 5. The van der Waals surface area contributed by atoms with E-state index in [1.807, 2.05) is 20.8 Å². The van der Waals surface area contributed by atoms with Crippen LogP contribution in [-0.2, 0) is 9.53 Å². The van der Waals surface area contributed by atoms with Crippen molar-refractivity contribution in [2.75, 3.05) is 6.54 Å². The van der Waals surface area contributed by atoms with Crippen LogP contribution in [0.4, 0.5) is 0 Å². The molecule has 0 aromatic rings. The van der Waals surface area contributed by atoms with Crippen molar-refractivity contribution >= 4 is 5.97 Å². The lowest BCUT2D eigenvalue weighted by Gasteiger charge is -2.28. The summed E-state index contributed by atoms with van der Waals surface area (Å²) < 4.78 is 5.33. The molecule has 0 bridgehead atoms. The third-order valence-electron chi connectivity index (χ3n) is 3.72. The highest BCUT2D eigenvalue weighted by molar-refractivity contribution is 5.69. The minimum atomic E-state index is -0.351. The van der Waals surface area contributed by atoms with Gasteiger partial charge in [0.2, 0.25) is 0 Å². The van der Waals surface area contributed by atoms with Crippen molar-refractivity contribution in [1.82, 2.24) is 0 Å². The molecule has 0 aliphatic heterocycles. The van der Waals surface area contributed by atoms with Gasteiger partial charge in [-0.1, -0.05) is 25.7 Å². The second kappa shape index (κ2) is 7.13. The minimum Gasteiger partial charge on any atom is -0.460 e. The van der Waals surface area contributed by atoms with Gasteiger partial charge in [-0.15, -0.1) is 0 Å². The maximum absolute atomic E-state index is 11.6. The molecule has 1 aliphatic carbocycles. The molecule has 0 saturated heterocycles. The van der Waals surface area contributed by atoms with Crippen LogP contribution in [0, 0.1) is 11.8 Å². The number of esters is 1. The van der Waals surface area contributed by atoms with Crippen molar-refractivity contribution in [3.8, 4) is 0 Å². The van der Waals surface area contributed by atoms with E-state index in [9.17, 15) is 4.79 Å². The van der Waals surface area contributed by atoms with Gasteiger partial charge in [-0.3, -0.25) is 4.79 Å². The Morgan fingerprint density at radius 1 is 1.11 bits per heavy atom. The molecule has 106 valence electrons. The summed E-state index contributed by atoms with van der Waals surface area (Å²) in [6.45, 7) is 6.57. The van der Waals surface area contributed by atoms with Crippen LogP contribution in [0.1, 0.15) is 65.7 Å². The van der Waals surface area contributed by atoms with E-state index in [0.717, 1.165) is 18.9 Å². The summed E-state index contributed by atoms with van der Waals surface area (Å²) >= 11 is 0. The first-order valence-electron chi connectivity index (χ1n) is 7.32. The fraction of sp³-hybridized carbons (Fsp3) is 0.933. The zero-order chi connectivity index (χ0) is 13.6. The van der Waals surface area contributed by atoms with Crippen LogP contribution in [0.3, 0.4) is 0 Å². The predicted octanol–water partition coefficient (Wildman–Crippen LogP) is 3.26. The average Bonchev–Trinajstić information content (AvgIpc) is 2.26. The van der Waals surface area contributed by atoms with E-state index in [1.165, 1.54) is 32.1 Å². The van der Waals surface area contributed by atoms with E-state index in [1.54, 1.807) is 0 Å². The highest BCUT2D eigenvalue weighted by Gasteiger charge is 2.22. The summed E-state index contributed by atoms with van der Waals surface area (Å²) in [6, 6.07) is 0. The van der Waals surface area contributed by atoms with Gasteiger partial charge >= 0.3 is 5.97 Å². The Morgan fingerprint density at radius 3 is 2.06 bits per heavy atom. The molecule has 0 atom stereocenters. The molecule has 18 heavy (non-hydrogen) atoms. The highest BCUT2D eigenvalue weighted by Crippen LogP contribution is 2.33. The molecule has 0 radical (unpaired) electrons. The van der Waals surface area contributed by atoms with Crippen molar-refractivity contribution in [2.24, 2.45) is 17.6 Å². The Bertz CT molecular complexity index is 250. The largest absolute Gasteiger partial charge is 0.460 e. The molecule has 0 unspecified atom stereocenters. The van der Waals surface area contributed by atoms with Crippen molar-refractivity contribution in [1.29, 1.82) is 0 Å². The second-order valence-electron chi connectivity index (χ2n) is 6.59. The van der Waals surface area contributed by atoms with Crippen LogP contribution in [0.25, 0.3) is 0 Å². The minimum absolute atomic E-state index is 0.0495. The summed E-state index contributed by atoms with van der Waals surface area (Å²) in [6.07, 6.45) is 7.82. The van der Waals surface area contributed by atoms with E-state index in [-0.39, 0.29) is 11.6 Å². The Labute approximate surface area is 111 Å². The average molecular weight is 255 g/mol. The first kappa shape index (κ1) is 15.5. The molecule has 2 N–H and O–H groups in total. The standard InChI is InChI=1S/C15H29NO2/c1-15(2,3)18-14(17)9-8-12-4-6-13(7-5-12)10-11-16/h12-13H,4-11,16H2,1-3H3. The Kier molecular flexibility index (Phi) is 6.13. The van der Waals surface area contributed by atoms with Crippen LogP contribution in [-0.4, -0.2) is 18.1 Å². The SMILES string of the molecule is CC(C)(C)OC(=O)CCC1CCC(CCN)CC1. The third-order valence-corrected chi connectivity index (χ3v) is 3.72. The summed E-state index contributed by atoms with van der Waals surface area (Å²) in [7, 11) is 0. The van der Waals surface area contributed by atoms with E-state index in [4.69, 9.17) is 10.5 Å². The quantitative estimate of drug-likeness (QED) is 0.767. The van der Waals surface area contributed by atoms with E-state index < -0.39 is 0 Å². The van der Waals surface area contributed by atoms with Gasteiger partial charge in [-0.05, 0) is 52.0 Å². The highest BCUT2D eigenvalue weighted by atomic mass is 16.6. The number of hydrogen-bond donors (Lipinski definition) is 1. The van der Waals surface area contributed by atoms with Crippen LogP contribution in [0.15, 0.2) is 0 Å². The fourth-order valence-corrected chi connectivity index (χ4v) is 2.76. The molecule has 0 spiro atoms. The van der Waals surface area contributed by atoms with Gasteiger partial charge in [0, 0.05) is 6.42 Å². The lowest BCUT2D eigenvalue weighted by molar-refractivity contribution is -0.155. The maximum atomic E-state index is 11.6. The fourth-order valence-electron chi connectivity index (χ4n) is 2.76. The van der Waals surface area contributed by atoms with Gasteiger partial charge in [0.25, 0.3) is 0 Å². The molecular formula is C15H29NO2. The molecule has 1 rings (SSSR count). The molecule has 3 heteroatoms. The van der Waals surface area contributed by atoms with Crippen molar-refractivity contribution in [2.45, 2.75) is 71.3 Å². The first-order valence-corrected chi connectivity index (χ1v) is 7.32. The molecule has 3 nitrogen and oxygen atoms in total. The van der Waals surface area contributed by atoms with Gasteiger partial charge in [0.1, 0.15) is 5.60 Å². The van der Waals surface area contributed by atoms with E-state index in [2.05, 4.69) is 0 Å². The number of carbonyl (C=O) groups is 1. The van der Waals surface area contributed by atoms with Crippen LogP contribution in [0.2, 0.25) is 0 Å². The van der Waals surface area contributed by atoms with Crippen molar-refractivity contribution < 1.29 is 9.53 Å². The van der Waals surface area contributed by atoms with Gasteiger partial charge < -0.3 is 10.5 Å². The van der Waals surface area contributed by atoms with Gasteiger partial charge in [0.05, 0.1) is 0 Å². The predicted molar refractivity (Wildman–Crippen MR) is 74.2 cm³/mol. The summed E-state index contributed by atoms with van der Waals surface area (Å²) in [4.78, 5) is 11.6. The normalized spacial score (nSPS) is 24.9. The van der Waals surface area contributed by atoms with Crippen molar-refractivity contribution in [3.05, 3.63) is 0 Å². The Morgan fingerprint density at radius 2 is 1.61 bits per heavy atom. The Hall–Kier alpha value is -0.570. The van der Waals surface area contributed by atoms with Gasteiger partial charge in [-0.25, -0.2) is 0 Å². The smallest absolute Gasteiger partial charge is 0.306 e.